The van der Waals surface area contributed by atoms with Gasteiger partial charge in [-0.1, -0.05) is 0 Å². The van der Waals surface area contributed by atoms with Crippen LogP contribution in [0.15, 0.2) is 0 Å². The molecule has 15 nitrogen and oxygen atoms in total. The summed E-state index contributed by atoms with van der Waals surface area (Å²) in [4.78, 5) is 61.1. The first-order valence-corrected chi connectivity index (χ1v) is 12.5. The fraction of sp³-hybridized carbons (Fsp3) is 0.667. The Labute approximate surface area is 224 Å². The summed E-state index contributed by atoms with van der Waals surface area (Å²) in [6, 6.07) is -6.26. The van der Waals surface area contributed by atoms with Gasteiger partial charge >= 0.3 is 5.97 Å². The van der Waals surface area contributed by atoms with Crippen LogP contribution in [-0.4, -0.2) is 106 Å². The predicted molar refractivity (Wildman–Crippen MR) is 141 cm³/mol. The summed E-state index contributed by atoms with van der Waals surface area (Å²) in [5.74, 6) is -5.25. The fourth-order valence-corrected chi connectivity index (χ4v) is 3.22. The van der Waals surface area contributed by atoms with Gasteiger partial charge in [0.05, 0.1) is 12.6 Å². The highest BCUT2D eigenvalue weighted by atomic mass is 32.1. The summed E-state index contributed by atoms with van der Waals surface area (Å²) in [5.41, 5.74) is 10.8. The highest BCUT2D eigenvalue weighted by molar-refractivity contribution is 7.80. The highest BCUT2D eigenvalue weighted by Gasteiger charge is 2.30. The smallest absolute Gasteiger partial charge is 0.327 e. The van der Waals surface area contributed by atoms with E-state index in [-0.39, 0.29) is 42.6 Å². The van der Waals surface area contributed by atoms with Crippen molar-refractivity contribution in [3.05, 3.63) is 0 Å². The number of carbonyl (C=O) groups excluding carboxylic acids is 4. The number of aliphatic hydroxyl groups is 1. The van der Waals surface area contributed by atoms with Crippen molar-refractivity contribution < 1.29 is 34.2 Å². The average Bonchev–Trinajstić information content (AvgIpc) is 2.84. The average molecular weight is 571 g/mol. The van der Waals surface area contributed by atoms with Gasteiger partial charge in [-0.15, -0.1) is 0 Å². The normalized spacial score (nSPS) is 14.8. The molecular formula is C18H34N8O7S3. The number of hydrogen-bond donors (Lipinski definition) is 13. The van der Waals surface area contributed by atoms with Crippen LogP contribution in [0.2, 0.25) is 0 Å². The minimum atomic E-state index is -1.53. The second-order valence-electron chi connectivity index (χ2n) is 7.40. The van der Waals surface area contributed by atoms with E-state index < -0.39 is 66.4 Å². The molecule has 18 heteroatoms. The minimum Gasteiger partial charge on any atom is -0.480 e. The van der Waals surface area contributed by atoms with Crippen LogP contribution in [0.3, 0.4) is 0 Å². The van der Waals surface area contributed by atoms with Crippen LogP contribution in [0.25, 0.3) is 0 Å². The molecule has 0 saturated heterocycles. The largest absolute Gasteiger partial charge is 0.480 e. The van der Waals surface area contributed by atoms with Crippen LogP contribution in [0.1, 0.15) is 12.8 Å². The van der Waals surface area contributed by atoms with E-state index in [1.54, 1.807) is 0 Å². The molecule has 206 valence electrons. The summed E-state index contributed by atoms with van der Waals surface area (Å²) < 4.78 is 0. The van der Waals surface area contributed by atoms with Crippen molar-refractivity contribution in [2.24, 2.45) is 11.5 Å². The first-order valence-electron chi connectivity index (χ1n) is 10.6. The van der Waals surface area contributed by atoms with Crippen LogP contribution in [-0.2, 0) is 24.0 Å². The lowest BCUT2D eigenvalue weighted by molar-refractivity contribution is -0.142. The lowest BCUT2D eigenvalue weighted by Crippen LogP contribution is -2.59. The van der Waals surface area contributed by atoms with Gasteiger partial charge in [0.1, 0.15) is 24.2 Å². The zero-order chi connectivity index (χ0) is 27.8. The van der Waals surface area contributed by atoms with E-state index in [4.69, 9.17) is 22.0 Å². The Kier molecular flexibility index (Phi) is 16.7. The molecule has 0 aromatic carbocycles. The molecule has 4 amide bonds. The fourth-order valence-electron chi connectivity index (χ4n) is 2.55. The maximum Gasteiger partial charge on any atom is 0.327 e. The second kappa shape index (κ2) is 17.9. The zero-order valence-corrected chi connectivity index (χ0v) is 22.0. The van der Waals surface area contributed by atoms with Gasteiger partial charge in [0, 0.05) is 23.8 Å². The molecule has 0 fully saturated rings. The Balaban J connectivity index is 5.48. The molecule has 0 aromatic rings. The third-order valence-corrected chi connectivity index (χ3v) is 5.70. The van der Waals surface area contributed by atoms with Crippen LogP contribution in [0.5, 0.6) is 0 Å². The highest BCUT2D eigenvalue weighted by Crippen LogP contribution is 2.02. The van der Waals surface area contributed by atoms with Gasteiger partial charge in [0.25, 0.3) is 0 Å². The number of nitrogens with one attached hydrogen (secondary N) is 6. The Morgan fingerprint density at radius 3 is 1.72 bits per heavy atom. The molecular weight excluding hydrogens is 536 g/mol. The number of aliphatic hydroxyl groups excluding tert-OH is 1. The first kappa shape index (κ1) is 33.6. The molecule has 0 aromatic heterocycles. The van der Waals surface area contributed by atoms with E-state index in [0.29, 0.717) is 0 Å². The number of carbonyl (C=O) groups is 5. The van der Waals surface area contributed by atoms with Crippen LogP contribution in [0.4, 0.5) is 0 Å². The van der Waals surface area contributed by atoms with Gasteiger partial charge in [0.2, 0.25) is 23.6 Å². The zero-order valence-electron chi connectivity index (χ0n) is 19.3. The molecule has 0 aliphatic heterocycles. The molecule has 0 spiro atoms. The van der Waals surface area contributed by atoms with Crippen molar-refractivity contribution in [1.29, 1.82) is 5.41 Å². The summed E-state index contributed by atoms with van der Waals surface area (Å²) in [5, 5.41) is 37.6. The lowest BCUT2D eigenvalue weighted by atomic mass is 10.1. The molecule has 12 N–H and O–H groups in total. The van der Waals surface area contributed by atoms with Gasteiger partial charge in [-0.25, -0.2) is 4.79 Å². The van der Waals surface area contributed by atoms with Gasteiger partial charge in [0.15, 0.2) is 5.96 Å². The molecule has 0 aliphatic rings. The summed E-state index contributed by atoms with van der Waals surface area (Å²) >= 11 is 11.8. The number of carboxylic acids is 1. The topological polar surface area (TPSA) is 262 Å². The quantitative estimate of drug-likeness (QED) is 0.0344. The third kappa shape index (κ3) is 12.5. The van der Waals surface area contributed by atoms with E-state index in [2.05, 4.69) is 64.5 Å². The number of guanidine groups is 1. The number of rotatable bonds is 17. The van der Waals surface area contributed by atoms with Gasteiger partial charge in [-0.05, 0) is 12.8 Å². The van der Waals surface area contributed by atoms with Crippen molar-refractivity contribution >= 4 is 73.4 Å². The Bertz CT molecular complexity index is 792. The molecule has 0 aliphatic carbocycles. The summed E-state index contributed by atoms with van der Waals surface area (Å²) in [6.45, 7) is -0.676. The van der Waals surface area contributed by atoms with Crippen molar-refractivity contribution in [1.82, 2.24) is 26.6 Å². The Morgan fingerprint density at radius 1 is 0.778 bits per heavy atom. The number of nitrogens with two attached hydrogens (primary N) is 2. The first-order chi connectivity index (χ1) is 16.9. The number of amides is 4. The van der Waals surface area contributed by atoms with E-state index >= 15 is 0 Å². The molecule has 5 atom stereocenters. The van der Waals surface area contributed by atoms with Crippen molar-refractivity contribution in [2.75, 3.05) is 30.4 Å². The van der Waals surface area contributed by atoms with E-state index in [0.717, 1.165) is 0 Å². The summed E-state index contributed by atoms with van der Waals surface area (Å²) in [7, 11) is 0. The van der Waals surface area contributed by atoms with Gasteiger partial charge in [-0.2, -0.15) is 37.9 Å². The minimum absolute atomic E-state index is 0.00933. The number of hydrogen-bond acceptors (Lipinski definition) is 11. The maximum absolute atomic E-state index is 12.9. The standard InChI is InChI=1S/C18H34N8O7S3/c19-8(5-34)13(28)25-11(6-35)16(31)23-9(2-1-3-22-18(20)21)14(29)24-10(4-27)15(30)26-12(7-36)17(32)33/h8-12,27,34-36H,1-7,19H2,(H,23,31)(H,24,29)(H,25,28)(H,26,30)(H,32,33)(H4,20,21,22)/t8-,9-,10-,11-,12-/m0/s1. The third-order valence-electron chi connectivity index (χ3n) is 4.58. The van der Waals surface area contributed by atoms with E-state index in [9.17, 15) is 29.1 Å². The molecule has 0 heterocycles. The molecule has 36 heavy (non-hydrogen) atoms. The number of thiol groups is 3. The molecule has 0 bridgehead atoms. The van der Waals surface area contributed by atoms with Gasteiger partial charge < -0.3 is 48.3 Å². The van der Waals surface area contributed by atoms with Crippen molar-refractivity contribution in [3.8, 4) is 0 Å². The monoisotopic (exact) mass is 570 g/mol. The Hall–Kier alpha value is -2.41. The molecule has 0 radical (unpaired) electrons. The molecule has 0 rings (SSSR count). The number of carboxylic acid groups (broad SMARTS) is 1. The maximum atomic E-state index is 12.9. The van der Waals surface area contributed by atoms with E-state index in [1.165, 1.54) is 0 Å². The van der Waals surface area contributed by atoms with Crippen molar-refractivity contribution in [2.45, 2.75) is 43.1 Å². The van der Waals surface area contributed by atoms with E-state index in [1.807, 2.05) is 0 Å². The molecule has 0 unspecified atom stereocenters. The summed E-state index contributed by atoms with van der Waals surface area (Å²) in [6.07, 6.45) is 0.256. The van der Waals surface area contributed by atoms with Crippen LogP contribution in [0, 0.1) is 5.41 Å². The second-order valence-corrected chi connectivity index (χ2v) is 8.50. The molecule has 0 saturated carbocycles. The van der Waals surface area contributed by atoms with Crippen LogP contribution >= 0.6 is 37.9 Å². The van der Waals surface area contributed by atoms with Gasteiger partial charge in [-0.3, -0.25) is 24.6 Å². The van der Waals surface area contributed by atoms with Crippen molar-refractivity contribution in [3.63, 3.8) is 0 Å². The lowest BCUT2D eigenvalue weighted by Gasteiger charge is -2.25. The van der Waals surface area contributed by atoms with Crippen LogP contribution < -0.4 is 38.1 Å². The predicted octanol–water partition coefficient (Wildman–Crippen LogP) is -4.62. The number of aliphatic carboxylic acids is 1. The Morgan fingerprint density at radius 2 is 1.25 bits per heavy atom. The SMILES string of the molecule is N=C(N)NCCC[C@H](NC(=O)[C@H](CS)NC(=O)[C@@H](N)CS)C(=O)N[C@@H](CO)C(=O)N[C@@H](CS)C(=O)O.